The highest BCUT2D eigenvalue weighted by atomic mass is 32.2. The molecule has 2 aromatic carbocycles. The van der Waals surface area contributed by atoms with Crippen LogP contribution >= 0.6 is 0 Å². The van der Waals surface area contributed by atoms with Gasteiger partial charge in [-0.25, -0.2) is 32.4 Å². The molecule has 1 aliphatic carbocycles. The Hall–Kier alpha value is -4.97. The third kappa shape index (κ3) is 5.78. The summed E-state index contributed by atoms with van der Waals surface area (Å²) < 4.78 is 77.8. The molecular weight excluding hydrogens is 649 g/mol. The third-order valence-corrected chi connectivity index (χ3v) is 9.85. The van der Waals surface area contributed by atoms with Gasteiger partial charge in [0, 0.05) is 43.9 Å². The van der Waals surface area contributed by atoms with Crippen molar-refractivity contribution in [2.75, 3.05) is 19.6 Å². The van der Waals surface area contributed by atoms with Crippen LogP contribution in [-0.4, -0.2) is 93.0 Å². The largest absolute Gasteiger partial charge is 0.464 e. The van der Waals surface area contributed by atoms with Gasteiger partial charge in [0.1, 0.15) is 18.4 Å². The highest BCUT2D eigenvalue weighted by Gasteiger charge is 2.60. The summed E-state index contributed by atoms with van der Waals surface area (Å²) in [4.78, 5) is 52.7. The summed E-state index contributed by atoms with van der Waals surface area (Å²) in [6.07, 6.45) is 0.758. The number of carbonyl (C=O) groups excluding carboxylic acids is 3. The van der Waals surface area contributed by atoms with Gasteiger partial charge >= 0.3 is 22.4 Å². The summed E-state index contributed by atoms with van der Waals surface area (Å²) in [5.41, 5.74) is 1.26. The van der Waals surface area contributed by atoms with Crippen LogP contribution in [0.2, 0.25) is 0 Å². The Morgan fingerprint density at radius 2 is 1.87 bits per heavy atom. The number of nitrogens with zero attached hydrogens (tertiary/aromatic N) is 5. The van der Waals surface area contributed by atoms with Crippen LogP contribution in [0.3, 0.4) is 0 Å². The quantitative estimate of drug-likeness (QED) is 0.363. The van der Waals surface area contributed by atoms with E-state index in [0.29, 0.717) is 21.8 Å². The molecule has 2 fully saturated rings. The second-order valence-corrected chi connectivity index (χ2v) is 13.2. The highest BCUT2D eigenvalue weighted by Crippen LogP contribution is 2.46. The minimum Gasteiger partial charge on any atom is -0.464 e. The molecule has 1 spiro atoms. The Kier molecular flexibility index (Phi) is 7.74. The van der Waals surface area contributed by atoms with Gasteiger partial charge in [0.05, 0.1) is 12.7 Å². The van der Waals surface area contributed by atoms with Gasteiger partial charge in [-0.15, -0.1) is 0 Å². The van der Waals surface area contributed by atoms with Gasteiger partial charge in [-0.05, 0) is 35.2 Å². The average Bonchev–Trinajstić information content (AvgIpc) is 3.74. The van der Waals surface area contributed by atoms with Crippen molar-refractivity contribution in [1.29, 1.82) is 0 Å². The summed E-state index contributed by atoms with van der Waals surface area (Å²) in [7, 11) is -3.17. The molecule has 47 heavy (non-hydrogen) atoms. The third-order valence-electron chi connectivity index (χ3n) is 8.46. The molecule has 4 amide bonds. The number of imide groups is 1. The Morgan fingerprint density at radius 3 is 2.53 bits per heavy atom. The molecule has 2 aliphatic heterocycles. The average molecular weight is 677 g/mol. The summed E-state index contributed by atoms with van der Waals surface area (Å²) >= 11 is 0. The number of rotatable bonds is 8. The number of hydrogen-bond acceptors (Lipinski definition) is 8. The molecule has 14 nitrogen and oxygen atoms in total. The fourth-order valence-electron chi connectivity index (χ4n) is 6.20. The topological polar surface area (TPSA) is 171 Å². The lowest BCUT2D eigenvalue weighted by atomic mass is 9.93. The van der Waals surface area contributed by atoms with E-state index < -0.39 is 83.8 Å². The molecule has 2 N–H and O–H groups in total. The molecule has 0 bridgehead atoms. The van der Waals surface area contributed by atoms with Gasteiger partial charge in [0.25, 0.3) is 11.8 Å². The number of halogens is 3. The number of carbonyl (C=O) groups is 4. The fraction of sp³-hybridized carbons (Fsp3) is 0.345. The van der Waals surface area contributed by atoms with E-state index in [0.717, 1.165) is 28.8 Å². The van der Waals surface area contributed by atoms with Crippen molar-refractivity contribution in [2.24, 2.45) is 7.05 Å². The first-order chi connectivity index (χ1) is 22.1. The van der Waals surface area contributed by atoms with Crippen LogP contribution in [0.4, 0.5) is 22.8 Å². The number of fused-ring (bicyclic) bond motifs is 2. The molecule has 6 rings (SSSR count). The second kappa shape index (κ2) is 11.4. The first-order valence-corrected chi connectivity index (χ1v) is 15.6. The fourth-order valence-corrected chi connectivity index (χ4v) is 7.23. The number of aromatic nitrogens is 2. The Balaban J connectivity index is 1.27. The highest BCUT2D eigenvalue weighted by molar-refractivity contribution is 7.87. The number of hydrogen-bond donors (Lipinski definition) is 2. The SMILES string of the molecule is Cn1cc(-c2ccc3c(c2)CC[C@@]32OC(=O)N(CC(=O)N(Cc3ccc(F)cc3)C3CN(S(=O)(=O)NC(=O)O)CC3(F)F)C2=O)cn1. The van der Waals surface area contributed by atoms with Crippen LogP contribution in [0.1, 0.15) is 23.1 Å². The molecule has 248 valence electrons. The van der Waals surface area contributed by atoms with Crippen LogP contribution in [0.5, 0.6) is 0 Å². The number of benzene rings is 2. The van der Waals surface area contributed by atoms with Crippen molar-refractivity contribution in [3.05, 3.63) is 77.4 Å². The minimum atomic E-state index is -4.93. The van der Waals surface area contributed by atoms with Crippen molar-refractivity contribution in [1.82, 2.24) is 28.6 Å². The predicted molar refractivity (Wildman–Crippen MR) is 154 cm³/mol. The minimum absolute atomic E-state index is 0.0808. The van der Waals surface area contributed by atoms with Crippen molar-refractivity contribution < 1.29 is 50.6 Å². The zero-order chi connectivity index (χ0) is 33.9. The van der Waals surface area contributed by atoms with E-state index in [4.69, 9.17) is 9.84 Å². The standard InChI is InChI=1S/C29H27F3N6O8S/c1-35-13-20(11-33-35)18-4-7-22-19(10-18)8-9-28(22)25(40)38(27(43)46-28)15-24(39)37(12-17-2-5-21(30)6-3-17)23-14-36(16-29(23,31)32)47(44,45)34-26(41)42/h2-7,10-11,13,23,34H,8-9,12,14-16H2,1H3,(H,41,42)/t23?,28-/m1/s1. The molecule has 0 saturated carbocycles. The Labute approximate surface area is 265 Å². The lowest BCUT2D eigenvalue weighted by Crippen LogP contribution is -2.53. The van der Waals surface area contributed by atoms with Crippen molar-refractivity contribution in [2.45, 2.75) is 37.0 Å². The van der Waals surface area contributed by atoms with Gasteiger partial charge in [-0.2, -0.15) is 17.8 Å². The van der Waals surface area contributed by atoms with E-state index >= 15 is 8.78 Å². The number of carboxylic acid groups (broad SMARTS) is 1. The Bertz CT molecular complexity index is 1900. The summed E-state index contributed by atoms with van der Waals surface area (Å²) in [6.45, 7) is -4.07. The van der Waals surface area contributed by atoms with Crippen LogP contribution in [-0.2, 0) is 50.1 Å². The Morgan fingerprint density at radius 1 is 1.15 bits per heavy atom. The number of nitrogens with one attached hydrogen (secondary N) is 1. The molecule has 1 unspecified atom stereocenters. The van der Waals surface area contributed by atoms with Gasteiger partial charge in [0.15, 0.2) is 0 Å². The van der Waals surface area contributed by atoms with Gasteiger partial charge < -0.3 is 14.7 Å². The van der Waals surface area contributed by atoms with Gasteiger partial charge in [0.2, 0.25) is 11.5 Å². The number of amides is 4. The first-order valence-electron chi connectivity index (χ1n) is 14.2. The molecule has 0 radical (unpaired) electrons. The van der Waals surface area contributed by atoms with E-state index in [9.17, 15) is 32.0 Å². The molecule has 18 heteroatoms. The lowest BCUT2D eigenvalue weighted by Gasteiger charge is -2.33. The zero-order valence-corrected chi connectivity index (χ0v) is 25.4. The molecule has 2 atom stereocenters. The summed E-state index contributed by atoms with van der Waals surface area (Å²) in [6, 6.07) is 7.60. The molecule has 2 saturated heterocycles. The normalized spacial score (nSPS) is 22.0. The molecule has 3 aliphatic rings. The van der Waals surface area contributed by atoms with Crippen LogP contribution in [0.15, 0.2) is 54.9 Å². The second-order valence-electron chi connectivity index (χ2n) is 11.5. The maximum absolute atomic E-state index is 15.4. The number of aryl methyl sites for hydroxylation is 2. The predicted octanol–water partition coefficient (Wildman–Crippen LogP) is 2.21. The zero-order valence-electron chi connectivity index (χ0n) is 24.6. The van der Waals surface area contributed by atoms with Gasteiger partial charge in [-0.3, -0.25) is 14.3 Å². The molecule has 3 heterocycles. The van der Waals surface area contributed by atoms with E-state index in [2.05, 4.69) is 5.10 Å². The summed E-state index contributed by atoms with van der Waals surface area (Å²) in [5.74, 6) is -6.55. The van der Waals surface area contributed by atoms with Crippen molar-refractivity contribution >= 4 is 34.2 Å². The molecule has 3 aromatic rings. The van der Waals surface area contributed by atoms with Gasteiger partial charge in [-0.1, -0.05) is 30.3 Å². The molecule has 1 aromatic heterocycles. The maximum atomic E-state index is 15.4. The van der Waals surface area contributed by atoms with Crippen molar-refractivity contribution in [3.63, 3.8) is 0 Å². The van der Waals surface area contributed by atoms with Crippen LogP contribution in [0, 0.1) is 5.82 Å². The molecular formula is C29H27F3N6O8S. The van der Waals surface area contributed by atoms with E-state index in [1.165, 1.54) is 16.9 Å². The summed E-state index contributed by atoms with van der Waals surface area (Å²) in [5, 5.41) is 13.0. The maximum Gasteiger partial charge on any atom is 0.419 e. The first kappa shape index (κ1) is 32.0. The number of ether oxygens (including phenoxy) is 1. The smallest absolute Gasteiger partial charge is 0.419 e. The van der Waals surface area contributed by atoms with Crippen molar-refractivity contribution in [3.8, 4) is 11.1 Å². The monoisotopic (exact) mass is 676 g/mol. The van der Waals surface area contributed by atoms with Crippen LogP contribution < -0.4 is 4.72 Å². The van der Waals surface area contributed by atoms with E-state index in [1.807, 2.05) is 12.3 Å². The lowest BCUT2D eigenvalue weighted by molar-refractivity contribution is -0.147. The van der Waals surface area contributed by atoms with Crippen LogP contribution in [0.25, 0.3) is 11.1 Å². The van der Waals surface area contributed by atoms with E-state index in [1.54, 1.807) is 30.1 Å². The van der Waals surface area contributed by atoms with E-state index in [-0.39, 0.29) is 16.3 Å². The number of alkyl halides is 2.